The highest BCUT2D eigenvalue weighted by Gasteiger charge is 2.08. The van der Waals surface area contributed by atoms with Crippen molar-refractivity contribution in [2.45, 2.75) is 32.7 Å². The Labute approximate surface area is 134 Å². The van der Waals surface area contributed by atoms with E-state index in [0.717, 1.165) is 35.9 Å². The molecule has 118 valence electrons. The van der Waals surface area contributed by atoms with Gasteiger partial charge in [-0.25, -0.2) is 9.78 Å². The maximum absolute atomic E-state index is 11.0. The summed E-state index contributed by atoms with van der Waals surface area (Å²) in [5.41, 5.74) is 2.04. The van der Waals surface area contributed by atoms with Gasteiger partial charge in [0.25, 0.3) is 0 Å². The normalized spacial score (nSPS) is 12.1. The van der Waals surface area contributed by atoms with Crippen LogP contribution < -0.4 is 10.6 Å². The summed E-state index contributed by atoms with van der Waals surface area (Å²) < 4.78 is 0. The third kappa shape index (κ3) is 4.82. The van der Waals surface area contributed by atoms with Crippen LogP contribution in [0.3, 0.4) is 0 Å². The van der Waals surface area contributed by atoms with E-state index in [1.165, 1.54) is 11.3 Å². The topological polar surface area (TPSA) is 74.2 Å². The van der Waals surface area contributed by atoms with Gasteiger partial charge in [0.15, 0.2) is 5.13 Å². The maximum atomic E-state index is 11.0. The Kier molecular flexibility index (Phi) is 5.91. The number of carboxylic acid groups (broad SMARTS) is 1. The van der Waals surface area contributed by atoms with E-state index in [4.69, 9.17) is 5.11 Å². The molecule has 1 aromatic heterocycles. The van der Waals surface area contributed by atoms with Crippen LogP contribution in [0.15, 0.2) is 29.6 Å². The molecule has 2 rings (SSSR count). The smallest absolute Gasteiger partial charge is 0.335 e. The van der Waals surface area contributed by atoms with Gasteiger partial charge in [0.05, 0.1) is 11.3 Å². The van der Waals surface area contributed by atoms with E-state index in [1.807, 2.05) is 11.4 Å². The molecule has 0 aliphatic carbocycles. The number of anilines is 2. The quantitative estimate of drug-likeness (QED) is 0.694. The molecule has 22 heavy (non-hydrogen) atoms. The molecule has 0 aliphatic heterocycles. The first-order valence-electron chi connectivity index (χ1n) is 7.36. The maximum Gasteiger partial charge on any atom is 0.335 e. The molecule has 0 saturated heterocycles. The Hall–Kier alpha value is -1.92. The lowest BCUT2D eigenvalue weighted by atomic mass is 10.2. The van der Waals surface area contributed by atoms with Crippen molar-refractivity contribution in [3.05, 3.63) is 40.9 Å². The van der Waals surface area contributed by atoms with Crippen molar-refractivity contribution < 1.29 is 9.90 Å². The van der Waals surface area contributed by atoms with Gasteiger partial charge in [-0.05, 0) is 38.1 Å². The molecule has 1 unspecified atom stereocenters. The summed E-state index contributed by atoms with van der Waals surface area (Å²) in [6, 6.07) is 7.12. The van der Waals surface area contributed by atoms with E-state index in [9.17, 15) is 4.79 Å². The summed E-state index contributed by atoms with van der Waals surface area (Å²) in [7, 11) is 0. The van der Waals surface area contributed by atoms with Crippen LogP contribution >= 0.6 is 11.3 Å². The average molecular weight is 319 g/mol. The lowest BCUT2D eigenvalue weighted by Crippen LogP contribution is -2.28. The Bertz CT molecular complexity index is 627. The lowest BCUT2D eigenvalue weighted by Gasteiger charge is -2.10. The molecule has 0 amide bonds. The van der Waals surface area contributed by atoms with Crippen molar-refractivity contribution >= 4 is 28.1 Å². The fourth-order valence-electron chi connectivity index (χ4n) is 2.09. The summed E-state index contributed by atoms with van der Waals surface area (Å²) >= 11 is 1.53. The highest BCUT2D eigenvalue weighted by molar-refractivity contribution is 7.13. The second-order valence-corrected chi connectivity index (χ2v) is 6.07. The van der Waals surface area contributed by atoms with Crippen LogP contribution in [0, 0.1) is 0 Å². The zero-order chi connectivity index (χ0) is 15.9. The minimum atomic E-state index is -0.931. The van der Waals surface area contributed by atoms with Crippen LogP contribution in [-0.4, -0.2) is 28.6 Å². The highest BCUT2D eigenvalue weighted by Crippen LogP contribution is 2.22. The molecule has 0 spiro atoms. The van der Waals surface area contributed by atoms with Crippen LogP contribution in [0.4, 0.5) is 10.8 Å². The van der Waals surface area contributed by atoms with E-state index in [1.54, 1.807) is 18.2 Å². The molecule has 0 fully saturated rings. The summed E-state index contributed by atoms with van der Waals surface area (Å²) in [6.07, 6.45) is 2.00. The Morgan fingerprint density at radius 3 is 3.00 bits per heavy atom. The third-order valence-corrected chi connectivity index (χ3v) is 3.98. The first-order chi connectivity index (χ1) is 10.6. The van der Waals surface area contributed by atoms with Gasteiger partial charge in [-0.2, -0.15) is 0 Å². The second-order valence-electron chi connectivity index (χ2n) is 5.21. The number of hydrogen-bond acceptors (Lipinski definition) is 5. The van der Waals surface area contributed by atoms with Crippen molar-refractivity contribution in [1.82, 2.24) is 10.3 Å². The molecule has 0 aliphatic rings. The van der Waals surface area contributed by atoms with E-state index in [-0.39, 0.29) is 5.56 Å². The molecule has 1 atom stereocenters. The Morgan fingerprint density at radius 1 is 1.45 bits per heavy atom. The van der Waals surface area contributed by atoms with Crippen molar-refractivity contribution in [2.75, 3.05) is 11.9 Å². The number of aromatic carboxylic acids is 1. The minimum Gasteiger partial charge on any atom is -0.478 e. The Morgan fingerprint density at radius 2 is 2.27 bits per heavy atom. The van der Waals surface area contributed by atoms with E-state index < -0.39 is 5.97 Å². The fraction of sp³-hybridized carbons (Fsp3) is 0.375. The van der Waals surface area contributed by atoms with Crippen LogP contribution in [0.25, 0.3) is 0 Å². The molecule has 0 saturated carbocycles. The zero-order valence-electron chi connectivity index (χ0n) is 12.8. The third-order valence-electron chi connectivity index (χ3n) is 3.17. The predicted molar refractivity (Wildman–Crippen MR) is 90.3 cm³/mol. The summed E-state index contributed by atoms with van der Waals surface area (Å²) in [5.74, 6) is -0.931. The van der Waals surface area contributed by atoms with Gasteiger partial charge >= 0.3 is 5.97 Å². The number of carbonyl (C=O) groups is 1. The van der Waals surface area contributed by atoms with E-state index in [0.29, 0.717) is 6.04 Å². The lowest BCUT2D eigenvalue weighted by molar-refractivity contribution is 0.0697. The van der Waals surface area contributed by atoms with Crippen molar-refractivity contribution in [3.8, 4) is 0 Å². The van der Waals surface area contributed by atoms with Gasteiger partial charge in [-0.15, -0.1) is 11.3 Å². The van der Waals surface area contributed by atoms with Gasteiger partial charge in [-0.1, -0.05) is 13.0 Å². The number of hydrogen-bond donors (Lipinski definition) is 3. The minimum absolute atomic E-state index is 0.263. The number of aromatic nitrogens is 1. The van der Waals surface area contributed by atoms with Gasteiger partial charge in [0, 0.05) is 23.5 Å². The molecule has 0 bridgehead atoms. The fourth-order valence-corrected chi connectivity index (χ4v) is 2.83. The molecule has 6 heteroatoms. The average Bonchev–Trinajstić information content (AvgIpc) is 2.92. The van der Waals surface area contributed by atoms with Crippen molar-refractivity contribution in [3.63, 3.8) is 0 Å². The van der Waals surface area contributed by atoms with Crippen LogP contribution in [-0.2, 0) is 6.42 Å². The molecular formula is C16H21N3O2S. The molecule has 0 radical (unpaired) electrons. The summed E-state index contributed by atoms with van der Waals surface area (Å²) in [5, 5.41) is 18.4. The number of benzene rings is 1. The summed E-state index contributed by atoms with van der Waals surface area (Å²) in [6.45, 7) is 5.31. The number of nitrogens with one attached hydrogen (secondary N) is 2. The number of rotatable bonds is 8. The molecular weight excluding hydrogens is 298 g/mol. The zero-order valence-corrected chi connectivity index (χ0v) is 13.6. The van der Waals surface area contributed by atoms with E-state index in [2.05, 4.69) is 29.5 Å². The number of carboxylic acids is 1. The molecule has 1 heterocycles. The van der Waals surface area contributed by atoms with Gasteiger partial charge in [0.2, 0.25) is 0 Å². The molecule has 5 nitrogen and oxygen atoms in total. The molecule has 1 aromatic carbocycles. The van der Waals surface area contributed by atoms with Crippen LogP contribution in [0.1, 0.15) is 36.3 Å². The van der Waals surface area contributed by atoms with Crippen LogP contribution in [0.2, 0.25) is 0 Å². The van der Waals surface area contributed by atoms with Gasteiger partial charge in [0.1, 0.15) is 0 Å². The standard InChI is InChI=1S/C16H21N3O2S/c1-3-7-17-11(2)8-14-10-22-16(19-14)18-13-6-4-5-12(9-13)15(20)21/h4-6,9-11,17H,3,7-8H2,1-2H3,(H,18,19)(H,20,21). The first-order valence-corrected chi connectivity index (χ1v) is 8.24. The van der Waals surface area contributed by atoms with E-state index >= 15 is 0 Å². The van der Waals surface area contributed by atoms with Crippen molar-refractivity contribution in [2.24, 2.45) is 0 Å². The molecule has 3 N–H and O–H groups in total. The number of nitrogens with zero attached hydrogens (tertiary/aromatic N) is 1. The predicted octanol–water partition coefficient (Wildman–Crippen LogP) is 3.52. The highest BCUT2D eigenvalue weighted by atomic mass is 32.1. The number of thiazole rings is 1. The second kappa shape index (κ2) is 7.91. The first kappa shape index (κ1) is 16.5. The molecule has 2 aromatic rings. The Balaban J connectivity index is 1.97. The monoisotopic (exact) mass is 319 g/mol. The van der Waals surface area contributed by atoms with Crippen LogP contribution in [0.5, 0.6) is 0 Å². The van der Waals surface area contributed by atoms with Gasteiger partial charge < -0.3 is 15.7 Å². The van der Waals surface area contributed by atoms with Crippen molar-refractivity contribution in [1.29, 1.82) is 0 Å². The summed E-state index contributed by atoms with van der Waals surface area (Å²) in [4.78, 5) is 15.5. The largest absolute Gasteiger partial charge is 0.478 e. The van der Waals surface area contributed by atoms with Gasteiger partial charge in [-0.3, -0.25) is 0 Å². The SMILES string of the molecule is CCCNC(C)Cc1csc(Nc2cccc(C(=O)O)c2)n1.